The summed E-state index contributed by atoms with van der Waals surface area (Å²) in [4.78, 5) is 18.2. The van der Waals surface area contributed by atoms with Gasteiger partial charge in [-0.2, -0.15) is 0 Å². The van der Waals surface area contributed by atoms with E-state index in [1.54, 1.807) is 12.3 Å². The van der Waals surface area contributed by atoms with Crippen LogP contribution in [0.1, 0.15) is 36.5 Å². The largest absolute Gasteiger partial charge is 0.465 e. The second kappa shape index (κ2) is 5.91. The molecule has 1 saturated heterocycles. The van der Waals surface area contributed by atoms with E-state index in [4.69, 9.17) is 10.5 Å². The highest BCUT2D eigenvalue weighted by Gasteiger charge is 2.20. The van der Waals surface area contributed by atoms with Gasteiger partial charge in [0.15, 0.2) is 5.82 Å². The summed E-state index contributed by atoms with van der Waals surface area (Å²) in [5.41, 5.74) is 6.88. The van der Waals surface area contributed by atoms with Gasteiger partial charge in [-0.25, -0.2) is 9.78 Å². The van der Waals surface area contributed by atoms with Gasteiger partial charge in [0.2, 0.25) is 0 Å². The van der Waals surface area contributed by atoms with Crippen molar-refractivity contribution in [2.24, 2.45) is 5.92 Å². The molecule has 5 heteroatoms. The first-order chi connectivity index (χ1) is 9.13. The van der Waals surface area contributed by atoms with Gasteiger partial charge in [-0.15, -0.1) is 0 Å². The zero-order chi connectivity index (χ0) is 13.8. The van der Waals surface area contributed by atoms with E-state index in [1.165, 1.54) is 13.5 Å². The Labute approximate surface area is 113 Å². The summed E-state index contributed by atoms with van der Waals surface area (Å²) >= 11 is 0. The Morgan fingerprint density at radius 3 is 3.00 bits per heavy atom. The average molecular weight is 263 g/mol. The van der Waals surface area contributed by atoms with Gasteiger partial charge in [0.1, 0.15) is 0 Å². The van der Waals surface area contributed by atoms with Crippen molar-refractivity contribution in [2.45, 2.75) is 26.2 Å². The lowest BCUT2D eigenvalue weighted by Crippen LogP contribution is -2.27. The van der Waals surface area contributed by atoms with Crippen LogP contribution in [0.5, 0.6) is 0 Å². The van der Waals surface area contributed by atoms with Crippen molar-refractivity contribution >= 4 is 17.5 Å². The Bertz CT molecular complexity index is 462. The highest BCUT2D eigenvalue weighted by Crippen LogP contribution is 2.27. The third kappa shape index (κ3) is 2.97. The molecule has 0 spiro atoms. The number of methoxy groups -OCH3 is 1. The third-order valence-corrected chi connectivity index (χ3v) is 3.69. The predicted molar refractivity (Wildman–Crippen MR) is 75.2 cm³/mol. The Morgan fingerprint density at radius 2 is 2.26 bits per heavy atom. The first-order valence-electron chi connectivity index (χ1n) is 6.71. The van der Waals surface area contributed by atoms with Crippen LogP contribution in [-0.4, -0.2) is 31.2 Å². The molecule has 2 heterocycles. The van der Waals surface area contributed by atoms with Crippen LogP contribution in [0.3, 0.4) is 0 Å². The van der Waals surface area contributed by atoms with Crippen LogP contribution in [0, 0.1) is 5.92 Å². The van der Waals surface area contributed by atoms with Crippen LogP contribution in [0.4, 0.5) is 11.5 Å². The molecule has 1 aromatic rings. The molecule has 1 aromatic heterocycles. The van der Waals surface area contributed by atoms with Crippen LogP contribution in [0.25, 0.3) is 0 Å². The number of aromatic nitrogens is 1. The zero-order valence-corrected chi connectivity index (χ0v) is 11.6. The van der Waals surface area contributed by atoms with E-state index in [2.05, 4.69) is 16.8 Å². The molecule has 0 aliphatic carbocycles. The van der Waals surface area contributed by atoms with Crippen LogP contribution in [-0.2, 0) is 4.74 Å². The lowest BCUT2D eigenvalue weighted by molar-refractivity contribution is 0.0602. The number of hydrogen-bond acceptors (Lipinski definition) is 5. The number of carbonyl (C=O) groups is 1. The van der Waals surface area contributed by atoms with Crippen molar-refractivity contribution in [1.82, 2.24) is 4.98 Å². The number of hydrogen-bond donors (Lipinski definition) is 1. The number of carbonyl (C=O) groups excluding carboxylic acids is 1. The fourth-order valence-electron chi connectivity index (χ4n) is 2.48. The van der Waals surface area contributed by atoms with Crippen molar-refractivity contribution in [2.75, 3.05) is 30.8 Å². The molecule has 0 saturated carbocycles. The highest BCUT2D eigenvalue weighted by atomic mass is 16.5. The van der Waals surface area contributed by atoms with Gasteiger partial charge in [-0.3, -0.25) is 0 Å². The molecule has 5 nitrogen and oxygen atoms in total. The van der Waals surface area contributed by atoms with Crippen LogP contribution in [0.2, 0.25) is 0 Å². The SMILES string of the molecule is COC(=O)c1ccnc(N2CCCC(C)CC2)c1N. The molecule has 1 atom stereocenters. The molecular weight excluding hydrogens is 242 g/mol. The minimum Gasteiger partial charge on any atom is -0.465 e. The lowest BCUT2D eigenvalue weighted by atomic mass is 10.0. The zero-order valence-electron chi connectivity index (χ0n) is 11.6. The van der Waals surface area contributed by atoms with Gasteiger partial charge in [0, 0.05) is 19.3 Å². The maximum Gasteiger partial charge on any atom is 0.340 e. The second-order valence-corrected chi connectivity index (χ2v) is 5.11. The van der Waals surface area contributed by atoms with Crippen LogP contribution < -0.4 is 10.6 Å². The standard InChI is InChI=1S/C14H21N3O2/c1-10-4-3-8-17(9-6-10)13-12(15)11(5-7-16-13)14(18)19-2/h5,7,10H,3-4,6,8-9,15H2,1-2H3. The van der Waals surface area contributed by atoms with Crippen molar-refractivity contribution in [3.8, 4) is 0 Å². The third-order valence-electron chi connectivity index (χ3n) is 3.69. The van der Waals surface area contributed by atoms with E-state index in [0.717, 1.165) is 31.8 Å². The van der Waals surface area contributed by atoms with Gasteiger partial charge in [0.05, 0.1) is 18.4 Å². The normalized spacial score (nSPS) is 19.9. The van der Waals surface area contributed by atoms with Crippen molar-refractivity contribution in [3.63, 3.8) is 0 Å². The minimum atomic E-state index is -0.413. The molecule has 1 aliphatic heterocycles. The average Bonchev–Trinajstić information content (AvgIpc) is 2.63. The van der Waals surface area contributed by atoms with Gasteiger partial charge < -0.3 is 15.4 Å². The molecule has 0 aromatic carbocycles. The van der Waals surface area contributed by atoms with E-state index in [9.17, 15) is 4.79 Å². The Hall–Kier alpha value is -1.78. The summed E-state index contributed by atoms with van der Waals surface area (Å²) < 4.78 is 4.74. The van der Waals surface area contributed by atoms with Crippen LogP contribution in [0.15, 0.2) is 12.3 Å². The van der Waals surface area contributed by atoms with Crippen LogP contribution >= 0.6 is 0 Å². The predicted octanol–water partition coefficient (Wildman–Crippen LogP) is 2.08. The quantitative estimate of drug-likeness (QED) is 0.827. The molecule has 104 valence electrons. The lowest BCUT2D eigenvalue weighted by Gasteiger charge is -2.23. The molecule has 0 radical (unpaired) electrons. The Morgan fingerprint density at radius 1 is 1.47 bits per heavy atom. The number of pyridine rings is 1. The van der Waals surface area contributed by atoms with E-state index < -0.39 is 5.97 Å². The van der Waals surface area contributed by atoms with Gasteiger partial charge >= 0.3 is 5.97 Å². The Kier molecular flexibility index (Phi) is 4.24. The van der Waals surface area contributed by atoms with Gasteiger partial charge in [0.25, 0.3) is 0 Å². The molecule has 1 unspecified atom stereocenters. The molecule has 0 bridgehead atoms. The number of nitrogens with zero attached hydrogens (tertiary/aromatic N) is 2. The van der Waals surface area contributed by atoms with Crippen molar-refractivity contribution in [1.29, 1.82) is 0 Å². The summed E-state index contributed by atoms with van der Waals surface area (Å²) in [6.07, 6.45) is 5.10. The van der Waals surface area contributed by atoms with E-state index in [1.807, 2.05) is 0 Å². The molecule has 2 N–H and O–H groups in total. The fourth-order valence-corrected chi connectivity index (χ4v) is 2.48. The number of esters is 1. The first-order valence-corrected chi connectivity index (χ1v) is 6.71. The summed E-state index contributed by atoms with van der Waals surface area (Å²) in [5.74, 6) is 1.02. The number of ether oxygens (including phenoxy) is 1. The monoisotopic (exact) mass is 263 g/mol. The summed E-state index contributed by atoms with van der Waals surface area (Å²) in [7, 11) is 1.36. The molecule has 2 rings (SSSR count). The summed E-state index contributed by atoms with van der Waals surface area (Å²) in [5, 5.41) is 0. The van der Waals surface area contributed by atoms with E-state index in [0.29, 0.717) is 17.1 Å². The van der Waals surface area contributed by atoms with Gasteiger partial charge in [-0.05, 0) is 31.2 Å². The number of rotatable bonds is 2. The van der Waals surface area contributed by atoms with E-state index in [-0.39, 0.29) is 0 Å². The molecule has 1 aliphatic rings. The first kappa shape index (κ1) is 13.6. The second-order valence-electron chi connectivity index (χ2n) is 5.11. The molecular formula is C14H21N3O2. The molecule has 1 fully saturated rings. The number of anilines is 2. The molecule has 19 heavy (non-hydrogen) atoms. The minimum absolute atomic E-state index is 0.393. The summed E-state index contributed by atoms with van der Waals surface area (Å²) in [6.45, 7) is 4.14. The smallest absolute Gasteiger partial charge is 0.340 e. The van der Waals surface area contributed by atoms with E-state index >= 15 is 0 Å². The maximum atomic E-state index is 11.6. The molecule has 0 amide bonds. The number of nitrogen functional groups attached to an aromatic ring is 1. The van der Waals surface area contributed by atoms with Crippen molar-refractivity contribution in [3.05, 3.63) is 17.8 Å². The Balaban J connectivity index is 2.27. The number of nitrogens with two attached hydrogens (primary N) is 1. The highest BCUT2D eigenvalue weighted by molar-refractivity contribution is 5.97. The fraction of sp³-hybridized carbons (Fsp3) is 0.571. The summed E-state index contributed by atoms with van der Waals surface area (Å²) in [6, 6.07) is 1.60. The maximum absolute atomic E-state index is 11.6. The topological polar surface area (TPSA) is 68.5 Å². The van der Waals surface area contributed by atoms with Crippen molar-refractivity contribution < 1.29 is 9.53 Å². The van der Waals surface area contributed by atoms with Gasteiger partial charge in [-0.1, -0.05) is 6.92 Å².